The van der Waals surface area contributed by atoms with Crippen LogP contribution in [0.25, 0.3) is 0 Å². The predicted molar refractivity (Wildman–Crippen MR) is 82.6 cm³/mol. The van der Waals surface area contributed by atoms with Gasteiger partial charge in [-0.1, -0.05) is 12.1 Å². The Morgan fingerprint density at radius 3 is 2.48 bits per heavy atom. The van der Waals surface area contributed by atoms with Crippen LogP contribution in [-0.2, 0) is 0 Å². The zero-order valence-electron chi connectivity index (χ0n) is 12.5. The van der Waals surface area contributed by atoms with Crippen LogP contribution in [0.3, 0.4) is 0 Å². The van der Waals surface area contributed by atoms with E-state index in [0.29, 0.717) is 12.4 Å². The summed E-state index contributed by atoms with van der Waals surface area (Å²) < 4.78 is 23.9. The number of halogens is 1. The Morgan fingerprint density at radius 2 is 1.86 bits per heavy atom. The average molecular weight is 289 g/mol. The smallest absolute Gasteiger partial charge is 0.145 e. The van der Waals surface area contributed by atoms with E-state index >= 15 is 0 Å². The van der Waals surface area contributed by atoms with Gasteiger partial charge in [0.15, 0.2) is 0 Å². The second-order valence-corrected chi connectivity index (χ2v) is 4.71. The lowest BCUT2D eigenvalue weighted by atomic mass is 10.1. The standard InChI is InChI=1S/C17H20FNO2/c1-4-21-17-11-14(18)7-10-16(17)19-12(2)13-5-8-15(20-3)9-6-13/h5-12,19H,4H2,1-3H3. The maximum Gasteiger partial charge on any atom is 0.145 e. The molecule has 1 unspecified atom stereocenters. The van der Waals surface area contributed by atoms with Crippen molar-refractivity contribution in [1.82, 2.24) is 0 Å². The van der Waals surface area contributed by atoms with E-state index in [2.05, 4.69) is 5.32 Å². The van der Waals surface area contributed by atoms with Crippen LogP contribution in [0.5, 0.6) is 11.5 Å². The van der Waals surface area contributed by atoms with Gasteiger partial charge in [-0.3, -0.25) is 0 Å². The summed E-state index contributed by atoms with van der Waals surface area (Å²) in [5.74, 6) is 1.04. The minimum absolute atomic E-state index is 0.0700. The van der Waals surface area contributed by atoms with Crippen LogP contribution < -0.4 is 14.8 Å². The first-order chi connectivity index (χ1) is 10.1. The lowest BCUT2D eigenvalue weighted by Crippen LogP contribution is -2.08. The Labute approximate surface area is 124 Å². The van der Waals surface area contributed by atoms with E-state index in [1.165, 1.54) is 12.1 Å². The van der Waals surface area contributed by atoms with Gasteiger partial charge in [-0.25, -0.2) is 4.39 Å². The van der Waals surface area contributed by atoms with Gasteiger partial charge < -0.3 is 14.8 Å². The van der Waals surface area contributed by atoms with Crippen LogP contribution in [0.4, 0.5) is 10.1 Å². The normalized spacial score (nSPS) is 11.8. The maximum atomic E-state index is 13.3. The Morgan fingerprint density at radius 1 is 1.14 bits per heavy atom. The van der Waals surface area contributed by atoms with Crippen molar-refractivity contribution in [3.05, 3.63) is 53.8 Å². The zero-order valence-corrected chi connectivity index (χ0v) is 12.5. The van der Waals surface area contributed by atoms with E-state index in [-0.39, 0.29) is 11.9 Å². The van der Waals surface area contributed by atoms with Gasteiger partial charge in [0.2, 0.25) is 0 Å². The molecule has 0 radical (unpaired) electrons. The molecular formula is C17H20FNO2. The highest BCUT2D eigenvalue weighted by molar-refractivity contribution is 5.57. The molecule has 3 nitrogen and oxygen atoms in total. The average Bonchev–Trinajstić information content (AvgIpc) is 2.50. The fraction of sp³-hybridized carbons (Fsp3) is 0.294. The molecule has 0 aliphatic rings. The largest absolute Gasteiger partial charge is 0.497 e. The van der Waals surface area contributed by atoms with Crippen molar-refractivity contribution in [2.45, 2.75) is 19.9 Å². The molecular weight excluding hydrogens is 269 g/mol. The summed E-state index contributed by atoms with van der Waals surface area (Å²) in [7, 11) is 1.64. The fourth-order valence-electron chi connectivity index (χ4n) is 2.10. The number of methoxy groups -OCH3 is 1. The first kappa shape index (κ1) is 15.2. The second kappa shape index (κ2) is 6.97. The van der Waals surface area contributed by atoms with Gasteiger partial charge >= 0.3 is 0 Å². The van der Waals surface area contributed by atoms with E-state index in [9.17, 15) is 4.39 Å². The Hall–Kier alpha value is -2.23. The minimum atomic E-state index is -0.305. The number of hydrogen-bond donors (Lipinski definition) is 1. The molecule has 21 heavy (non-hydrogen) atoms. The van der Waals surface area contributed by atoms with Crippen LogP contribution >= 0.6 is 0 Å². The molecule has 0 fully saturated rings. The Bertz CT molecular complexity index is 584. The van der Waals surface area contributed by atoms with Crippen LogP contribution in [0.1, 0.15) is 25.5 Å². The second-order valence-electron chi connectivity index (χ2n) is 4.71. The van der Waals surface area contributed by atoms with Gasteiger partial charge in [-0.05, 0) is 43.7 Å². The van der Waals surface area contributed by atoms with Crippen molar-refractivity contribution in [3.8, 4) is 11.5 Å². The van der Waals surface area contributed by atoms with Gasteiger partial charge in [-0.2, -0.15) is 0 Å². The van der Waals surface area contributed by atoms with Crippen molar-refractivity contribution in [1.29, 1.82) is 0 Å². The number of ether oxygens (including phenoxy) is 2. The monoisotopic (exact) mass is 289 g/mol. The quantitative estimate of drug-likeness (QED) is 0.854. The van der Waals surface area contributed by atoms with Crippen LogP contribution in [-0.4, -0.2) is 13.7 Å². The number of hydrogen-bond acceptors (Lipinski definition) is 3. The number of anilines is 1. The predicted octanol–water partition coefficient (Wildman–Crippen LogP) is 4.41. The van der Waals surface area contributed by atoms with Gasteiger partial charge in [0.1, 0.15) is 17.3 Å². The highest BCUT2D eigenvalue weighted by Gasteiger charge is 2.10. The highest BCUT2D eigenvalue weighted by Crippen LogP contribution is 2.29. The lowest BCUT2D eigenvalue weighted by molar-refractivity contribution is 0.339. The van der Waals surface area contributed by atoms with Gasteiger partial charge in [0.05, 0.1) is 19.4 Å². The molecule has 0 amide bonds. The van der Waals surface area contributed by atoms with E-state index in [0.717, 1.165) is 17.0 Å². The summed E-state index contributed by atoms with van der Waals surface area (Å²) >= 11 is 0. The lowest BCUT2D eigenvalue weighted by Gasteiger charge is -2.18. The minimum Gasteiger partial charge on any atom is -0.497 e. The molecule has 0 heterocycles. The van der Waals surface area contributed by atoms with E-state index in [4.69, 9.17) is 9.47 Å². The summed E-state index contributed by atoms with van der Waals surface area (Å²) in [5.41, 5.74) is 1.89. The first-order valence-corrected chi connectivity index (χ1v) is 6.97. The van der Waals surface area contributed by atoms with Crippen molar-refractivity contribution in [3.63, 3.8) is 0 Å². The molecule has 0 aromatic heterocycles. The number of benzene rings is 2. The van der Waals surface area contributed by atoms with Crippen molar-refractivity contribution in [2.24, 2.45) is 0 Å². The fourth-order valence-corrected chi connectivity index (χ4v) is 2.10. The summed E-state index contributed by atoms with van der Waals surface area (Å²) in [5, 5.41) is 3.34. The third-order valence-electron chi connectivity index (χ3n) is 3.23. The highest BCUT2D eigenvalue weighted by atomic mass is 19.1. The molecule has 0 saturated heterocycles. The topological polar surface area (TPSA) is 30.5 Å². The molecule has 1 N–H and O–H groups in total. The molecule has 2 aromatic carbocycles. The maximum absolute atomic E-state index is 13.3. The molecule has 0 spiro atoms. The first-order valence-electron chi connectivity index (χ1n) is 6.97. The third kappa shape index (κ3) is 3.88. The number of nitrogens with one attached hydrogen (secondary N) is 1. The van der Waals surface area contributed by atoms with E-state index < -0.39 is 0 Å². The molecule has 2 aromatic rings. The zero-order chi connectivity index (χ0) is 15.2. The molecule has 2 rings (SSSR count). The van der Waals surface area contributed by atoms with Crippen LogP contribution in [0, 0.1) is 5.82 Å². The van der Waals surface area contributed by atoms with Gasteiger partial charge in [0, 0.05) is 12.1 Å². The summed E-state index contributed by atoms with van der Waals surface area (Å²) in [4.78, 5) is 0. The molecule has 1 atom stereocenters. The van der Waals surface area contributed by atoms with E-state index in [1.54, 1.807) is 13.2 Å². The number of rotatable bonds is 6. The van der Waals surface area contributed by atoms with Crippen LogP contribution in [0.15, 0.2) is 42.5 Å². The Balaban J connectivity index is 2.16. The van der Waals surface area contributed by atoms with Crippen LogP contribution in [0.2, 0.25) is 0 Å². The third-order valence-corrected chi connectivity index (χ3v) is 3.23. The summed E-state index contributed by atoms with van der Waals surface area (Å²) in [6, 6.07) is 12.4. The van der Waals surface area contributed by atoms with E-state index in [1.807, 2.05) is 38.1 Å². The molecule has 112 valence electrons. The summed E-state index contributed by atoms with van der Waals surface area (Å²) in [6.45, 7) is 4.41. The summed E-state index contributed by atoms with van der Waals surface area (Å²) in [6.07, 6.45) is 0. The van der Waals surface area contributed by atoms with Crippen molar-refractivity contribution < 1.29 is 13.9 Å². The van der Waals surface area contributed by atoms with Gasteiger partial charge in [-0.15, -0.1) is 0 Å². The van der Waals surface area contributed by atoms with Crippen molar-refractivity contribution >= 4 is 5.69 Å². The molecule has 0 aliphatic heterocycles. The SMILES string of the molecule is CCOc1cc(F)ccc1NC(C)c1ccc(OC)cc1. The molecule has 0 saturated carbocycles. The van der Waals surface area contributed by atoms with Gasteiger partial charge in [0.25, 0.3) is 0 Å². The molecule has 4 heteroatoms. The molecule has 0 aliphatic carbocycles. The Kier molecular flexibility index (Phi) is 5.04. The van der Waals surface area contributed by atoms with Crippen molar-refractivity contribution in [2.75, 3.05) is 19.0 Å². The molecule has 0 bridgehead atoms.